The van der Waals surface area contributed by atoms with E-state index in [2.05, 4.69) is 32.2 Å². The largest absolute Gasteiger partial charge is 0.493 e. The van der Waals surface area contributed by atoms with E-state index in [1.54, 1.807) is 19.1 Å². The Morgan fingerprint density at radius 3 is 2.27 bits per heavy atom. The maximum absolute atomic E-state index is 12.1. The molecule has 0 aromatic heterocycles. The van der Waals surface area contributed by atoms with Gasteiger partial charge in [-0.15, -0.1) is 0 Å². The van der Waals surface area contributed by atoms with Gasteiger partial charge in [-0.2, -0.15) is 0 Å². The summed E-state index contributed by atoms with van der Waals surface area (Å²) in [6.45, 7) is 12.1. The normalized spacial score (nSPS) is 21.1. The standard InChI is InChI=1S/C20H33N3O3/c1-6-16(3)21-20(24)14-23-9-7-22(8-10-23)13-17-12-19(26-5)18(25-4)11-15(17)2/h11-12,16H,6-10,13-14H2,1-5H3,(H,21,24)/p+2/t16-/m1/s1. The molecule has 1 aliphatic rings. The molecule has 6 nitrogen and oxygen atoms in total. The molecule has 1 aromatic carbocycles. The zero-order chi connectivity index (χ0) is 19.1. The number of rotatable bonds is 8. The molecule has 1 saturated heterocycles. The number of nitrogens with one attached hydrogen (secondary N) is 3. The smallest absolute Gasteiger partial charge is 0.275 e. The first-order valence-electron chi connectivity index (χ1n) is 9.64. The summed E-state index contributed by atoms with van der Waals surface area (Å²) in [4.78, 5) is 15.0. The van der Waals surface area contributed by atoms with Gasteiger partial charge in [-0.3, -0.25) is 4.79 Å². The molecule has 26 heavy (non-hydrogen) atoms. The molecule has 0 unspecified atom stereocenters. The number of hydrogen-bond donors (Lipinski definition) is 3. The van der Waals surface area contributed by atoms with Crippen LogP contribution >= 0.6 is 0 Å². The molecule has 1 fully saturated rings. The molecule has 146 valence electrons. The minimum absolute atomic E-state index is 0.175. The number of piperazine rings is 1. The third-order valence-corrected chi connectivity index (χ3v) is 5.38. The van der Waals surface area contributed by atoms with Gasteiger partial charge in [-0.25, -0.2) is 0 Å². The van der Waals surface area contributed by atoms with Crippen LogP contribution in [0.3, 0.4) is 0 Å². The predicted molar refractivity (Wildman–Crippen MR) is 102 cm³/mol. The number of quaternary nitrogens is 2. The van der Waals surface area contributed by atoms with Gasteiger partial charge in [0.25, 0.3) is 5.91 Å². The summed E-state index contributed by atoms with van der Waals surface area (Å²) >= 11 is 0. The quantitative estimate of drug-likeness (QED) is 0.566. The highest BCUT2D eigenvalue weighted by Gasteiger charge is 2.25. The van der Waals surface area contributed by atoms with Crippen LogP contribution in [-0.4, -0.2) is 58.9 Å². The Morgan fingerprint density at radius 2 is 1.69 bits per heavy atom. The highest BCUT2D eigenvalue weighted by Crippen LogP contribution is 2.29. The predicted octanol–water partition coefficient (Wildman–Crippen LogP) is -0.790. The molecular weight excluding hydrogens is 330 g/mol. The maximum Gasteiger partial charge on any atom is 0.275 e. The van der Waals surface area contributed by atoms with Gasteiger partial charge in [0.15, 0.2) is 18.0 Å². The molecule has 1 aliphatic heterocycles. The van der Waals surface area contributed by atoms with Crippen LogP contribution in [0.2, 0.25) is 0 Å². The van der Waals surface area contributed by atoms with Gasteiger partial charge < -0.3 is 24.6 Å². The van der Waals surface area contributed by atoms with Crippen LogP contribution in [0.15, 0.2) is 12.1 Å². The van der Waals surface area contributed by atoms with Crippen molar-refractivity contribution in [3.05, 3.63) is 23.3 Å². The van der Waals surface area contributed by atoms with Crippen molar-refractivity contribution < 1.29 is 24.1 Å². The first kappa shape index (κ1) is 20.5. The number of benzene rings is 1. The van der Waals surface area contributed by atoms with E-state index in [0.29, 0.717) is 6.54 Å². The van der Waals surface area contributed by atoms with E-state index in [4.69, 9.17) is 9.47 Å². The molecule has 0 radical (unpaired) electrons. The lowest BCUT2D eigenvalue weighted by Crippen LogP contribution is -3.28. The summed E-state index contributed by atoms with van der Waals surface area (Å²) in [5, 5.41) is 3.07. The Morgan fingerprint density at radius 1 is 1.12 bits per heavy atom. The molecule has 0 bridgehead atoms. The minimum Gasteiger partial charge on any atom is -0.493 e. The highest BCUT2D eigenvalue weighted by molar-refractivity contribution is 5.77. The van der Waals surface area contributed by atoms with Crippen LogP contribution in [0.5, 0.6) is 11.5 Å². The lowest BCUT2D eigenvalue weighted by molar-refractivity contribution is -1.02. The van der Waals surface area contributed by atoms with E-state index in [1.165, 1.54) is 16.0 Å². The zero-order valence-corrected chi connectivity index (χ0v) is 16.9. The second-order valence-electron chi connectivity index (χ2n) is 7.36. The SMILES string of the molecule is CC[C@@H](C)NC(=O)C[NH+]1CC[NH+](Cc2cc(OC)c(OC)cc2C)CC1. The van der Waals surface area contributed by atoms with Crippen LogP contribution in [-0.2, 0) is 11.3 Å². The van der Waals surface area contributed by atoms with Gasteiger partial charge in [-0.1, -0.05) is 6.92 Å². The Labute approximate surface area is 157 Å². The lowest BCUT2D eigenvalue weighted by atomic mass is 10.1. The molecule has 0 aliphatic carbocycles. The van der Waals surface area contributed by atoms with Crippen LogP contribution < -0.4 is 24.6 Å². The molecule has 6 heteroatoms. The number of amides is 1. The number of methoxy groups -OCH3 is 2. The van der Waals surface area contributed by atoms with Crippen molar-refractivity contribution >= 4 is 5.91 Å². The Balaban J connectivity index is 1.86. The van der Waals surface area contributed by atoms with Gasteiger partial charge >= 0.3 is 0 Å². The van der Waals surface area contributed by atoms with E-state index in [1.807, 2.05) is 6.07 Å². The number of carbonyl (C=O) groups excluding carboxylic acids is 1. The molecule has 1 heterocycles. The van der Waals surface area contributed by atoms with Gasteiger partial charge in [0.1, 0.15) is 32.7 Å². The summed E-state index contributed by atoms with van der Waals surface area (Å²) in [5.41, 5.74) is 2.54. The third kappa shape index (κ3) is 5.61. The molecule has 1 atom stereocenters. The van der Waals surface area contributed by atoms with E-state index in [9.17, 15) is 4.79 Å². The fourth-order valence-corrected chi connectivity index (χ4v) is 3.45. The average molecular weight is 366 g/mol. The molecule has 1 amide bonds. The Kier molecular flexibility index (Phi) is 7.72. The summed E-state index contributed by atoms with van der Waals surface area (Å²) in [6, 6.07) is 4.41. The van der Waals surface area contributed by atoms with Gasteiger partial charge in [0.05, 0.1) is 14.2 Å². The van der Waals surface area contributed by atoms with E-state index >= 15 is 0 Å². The van der Waals surface area contributed by atoms with Gasteiger partial charge in [-0.05, 0) is 38.0 Å². The average Bonchev–Trinajstić information content (AvgIpc) is 2.64. The summed E-state index contributed by atoms with van der Waals surface area (Å²) in [7, 11) is 3.35. The molecular formula is C20H35N3O3+2. The molecule has 1 aromatic rings. The summed E-state index contributed by atoms with van der Waals surface area (Å²) < 4.78 is 10.8. The van der Waals surface area contributed by atoms with Crippen molar-refractivity contribution in [2.24, 2.45) is 0 Å². The molecule has 0 spiro atoms. The molecule has 3 N–H and O–H groups in total. The second kappa shape index (κ2) is 9.78. The van der Waals surface area contributed by atoms with Crippen molar-refractivity contribution in [3.63, 3.8) is 0 Å². The Bertz CT molecular complexity index is 598. The summed E-state index contributed by atoms with van der Waals surface area (Å²) in [6.07, 6.45) is 0.976. The second-order valence-corrected chi connectivity index (χ2v) is 7.36. The first-order valence-corrected chi connectivity index (χ1v) is 9.64. The van der Waals surface area contributed by atoms with E-state index in [0.717, 1.165) is 50.6 Å². The third-order valence-electron chi connectivity index (χ3n) is 5.38. The van der Waals surface area contributed by atoms with Crippen molar-refractivity contribution in [2.45, 2.75) is 39.8 Å². The minimum atomic E-state index is 0.175. The monoisotopic (exact) mass is 365 g/mol. The van der Waals surface area contributed by atoms with Crippen molar-refractivity contribution in [3.8, 4) is 11.5 Å². The fourth-order valence-electron chi connectivity index (χ4n) is 3.45. The van der Waals surface area contributed by atoms with Gasteiger partial charge in [0.2, 0.25) is 0 Å². The van der Waals surface area contributed by atoms with Crippen LogP contribution in [0.25, 0.3) is 0 Å². The Hall–Kier alpha value is -1.79. The summed E-state index contributed by atoms with van der Waals surface area (Å²) in [5.74, 6) is 1.75. The molecule has 2 rings (SSSR count). The number of aryl methyl sites for hydroxylation is 1. The number of ether oxygens (including phenoxy) is 2. The van der Waals surface area contributed by atoms with Crippen LogP contribution in [0.4, 0.5) is 0 Å². The van der Waals surface area contributed by atoms with Crippen molar-refractivity contribution in [1.82, 2.24) is 5.32 Å². The number of hydrogen-bond acceptors (Lipinski definition) is 3. The zero-order valence-electron chi connectivity index (χ0n) is 16.9. The van der Waals surface area contributed by atoms with Crippen LogP contribution in [0, 0.1) is 6.92 Å². The first-order chi connectivity index (χ1) is 12.5. The molecule has 0 saturated carbocycles. The lowest BCUT2D eigenvalue weighted by Gasteiger charge is -2.30. The maximum atomic E-state index is 12.1. The number of carbonyl (C=O) groups is 1. The van der Waals surface area contributed by atoms with E-state index in [-0.39, 0.29) is 11.9 Å². The fraction of sp³-hybridized carbons (Fsp3) is 0.650. The van der Waals surface area contributed by atoms with Crippen molar-refractivity contribution in [1.29, 1.82) is 0 Å². The topological polar surface area (TPSA) is 56.4 Å². The highest BCUT2D eigenvalue weighted by atomic mass is 16.5. The van der Waals surface area contributed by atoms with Gasteiger partial charge in [0, 0.05) is 11.6 Å². The van der Waals surface area contributed by atoms with E-state index < -0.39 is 0 Å². The van der Waals surface area contributed by atoms with Crippen LogP contribution in [0.1, 0.15) is 31.4 Å². The van der Waals surface area contributed by atoms with Crippen molar-refractivity contribution in [2.75, 3.05) is 46.9 Å².